The van der Waals surface area contributed by atoms with Gasteiger partial charge in [0.25, 0.3) is 5.91 Å². The Hall–Kier alpha value is -1.92. The predicted octanol–water partition coefficient (Wildman–Crippen LogP) is 0.302. The van der Waals surface area contributed by atoms with Crippen molar-refractivity contribution in [1.29, 1.82) is 0 Å². The Labute approximate surface area is 104 Å². The molecular weight excluding hydrogens is 234 g/mol. The zero-order chi connectivity index (χ0) is 12.8. The molecule has 0 spiro atoms. The van der Waals surface area contributed by atoms with Gasteiger partial charge in [-0.05, 0) is 12.1 Å². The number of H-pyrrole nitrogens is 1. The molecule has 0 bridgehead atoms. The molecule has 1 amide bonds. The molecule has 0 unspecified atom stereocenters. The topological polar surface area (TPSA) is 87.2 Å². The molecule has 1 aromatic heterocycles. The molecule has 0 aliphatic carbocycles. The highest BCUT2D eigenvalue weighted by atomic mass is 16.5. The molecule has 6 nitrogen and oxygen atoms in total. The summed E-state index contributed by atoms with van der Waals surface area (Å²) in [4.78, 5) is 18.9. The zero-order valence-corrected chi connectivity index (χ0v) is 9.85. The number of aliphatic hydroxyl groups excluding tert-OH is 1. The van der Waals surface area contributed by atoms with Crippen LogP contribution in [0.1, 0.15) is 10.6 Å². The van der Waals surface area contributed by atoms with Gasteiger partial charge in [-0.3, -0.25) is 4.79 Å². The molecule has 96 valence electrons. The van der Waals surface area contributed by atoms with Crippen molar-refractivity contribution in [1.82, 2.24) is 15.3 Å². The third kappa shape index (κ3) is 3.06. The van der Waals surface area contributed by atoms with E-state index in [9.17, 15) is 4.79 Å². The summed E-state index contributed by atoms with van der Waals surface area (Å²) in [5.41, 5.74) is 1.60. The third-order valence-corrected chi connectivity index (χ3v) is 2.37. The first-order valence-corrected chi connectivity index (χ1v) is 5.73. The fourth-order valence-electron chi connectivity index (χ4n) is 1.55. The van der Waals surface area contributed by atoms with Crippen molar-refractivity contribution < 1.29 is 14.6 Å². The Bertz CT molecular complexity index is 491. The van der Waals surface area contributed by atoms with Gasteiger partial charge in [0, 0.05) is 6.54 Å². The number of aromatic amines is 1. The number of hydrogen-bond acceptors (Lipinski definition) is 4. The third-order valence-electron chi connectivity index (χ3n) is 2.37. The lowest BCUT2D eigenvalue weighted by atomic mass is 10.3. The lowest BCUT2D eigenvalue weighted by molar-refractivity contribution is 0.0832. The number of fused-ring (bicyclic) bond motifs is 1. The van der Waals surface area contributed by atoms with Crippen LogP contribution in [0.2, 0.25) is 0 Å². The second-order valence-electron chi connectivity index (χ2n) is 3.69. The standard InChI is InChI=1S/C12H15N3O3/c16-6-8-18-7-5-13-12(17)11-14-9-3-1-2-4-10(9)15-11/h1-4,16H,5-8H2,(H,13,17)(H,14,15). The number of imidazole rings is 1. The molecule has 1 aromatic carbocycles. The molecule has 0 fully saturated rings. The van der Waals surface area contributed by atoms with Crippen LogP contribution >= 0.6 is 0 Å². The number of aliphatic hydroxyl groups is 1. The quantitative estimate of drug-likeness (QED) is 0.643. The van der Waals surface area contributed by atoms with E-state index in [2.05, 4.69) is 15.3 Å². The van der Waals surface area contributed by atoms with Crippen molar-refractivity contribution in [2.45, 2.75) is 0 Å². The summed E-state index contributed by atoms with van der Waals surface area (Å²) in [6.45, 7) is 1.01. The van der Waals surface area contributed by atoms with Crippen molar-refractivity contribution in [3.8, 4) is 0 Å². The number of rotatable bonds is 6. The molecule has 1 heterocycles. The van der Waals surface area contributed by atoms with Crippen LogP contribution in [0, 0.1) is 0 Å². The molecular formula is C12H15N3O3. The number of carbonyl (C=O) groups is 1. The SMILES string of the molecule is O=C(NCCOCCO)c1nc2ccccc2[nH]1. The number of benzene rings is 1. The Kier molecular flexibility index (Phi) is 4.27. The van der Waals surface area contributed by atoms with Crippen LogP contribution in [0.25, 0.3) is 11.0 Å². The van der Waals surface area contributed by atoms with E-state index in [1.54, 1.807) is 0 Å². The summed E-state index contributed by atoms with van der Waals surface area (Å²) in [5, 5.41) is 11.2. The maximum atomic E-state index is 11.7. The number of carbonyl (C=O) groups excluding carboxylic acids is 1. The fraction of sp³-hybridized carbons (Fsp3) is 0.333. The number of nitrogens with one attached hydrogen (secondary N) is 2. The van der Waals surface area contributed by atoms with Gasteiger partial charge < -0.3 is 20.1 Å². The average Bonchev–Trinajstić information content (AvgIpc) is 2.82. The van der Waals surface area contributed by atoms with E-state index in [0.717, 1.165) is 11.0 Å². The van der Waals surface area contributed by atoms with Gasteiger partial charge in [-0.25, -0.2) is 4.98 Å². The molecule has 2 rings (SSSR count). The highest BCUT2D eigenvalue weighted by molar-refractivity contribution is 5.94. The Morgan fingerprint density at radius 1 is 1.39 bits per heavy atom. The van der Waals surface area contributed by atoms with Gasteiger partial charge in [-0.1, -0.05) is 12.1 Å². The highest BCUT2D eigenvalue weighted by Gasteiger charge is 2.09. The monoisotopic (exact) mass is 249 g/mol. The van der Waals surface area contributed by atoms with Gasteiger partial charge in [0.05, 0.1) is 30.9 Å². The van der Waals surface area contributed by atoms with Crippen LogP contribution in [0.15, 0.2) is 24.3 Å². The van der Waals surface area contributed by atoms with Crippen LogP contribution in [0.5, 0.6) is 0 Å². The van der Waals surface area contributed by atoms with Crippen molar-refractivity contribution in [2.75, 3.05) is 26.4 Å². The number of ether oxygens (including phenoxy) is 1. The van der Waals surface area contributed by atoms with Crippen molar-refractivity contribution in [2.24, 2.45) is 0 Å². The van der Waals surface area contributed by atoms with Crippen LogP contribution in [0.4, 0.5) is 0 Å². The molecule has 2 aromatic rings. The summed E-state index contributed by atoms with van der Waals surface area (Å²) >= 11 is 0. The first-order chi connectivity index (χ1) is 8.81. The van der Waals surface area contributed by atoms with E-state index >= 15 is 0 Å². The minimum atomic E-state index is -0.265. The van der Waals surface area contributed by atoms with Crippen molar-refractivity contribution in [3.63, 3.8) is 0 Å². The highest BCUT2D eigenvalue weighted by Crippen LogP contribution is 2.09. The van der Waals surface area contributed by atoms with E-state index < -0.39 is 0 Å². The van der Waals surface area contributed by atoms with Gasteiger partial charge in [0.15, 0.2) is 5.82 Å². The minimum absolute atomic E-state index is 0.0163. The van der Waals surface area contributed by atoms with Gasteiger partial charge in [-0.15, -0.1) is 0 Å². The molecule has 0 atom stereocenters. The fourth-order valence-corrected chi connectivity index (χ4v) is 1.55. The second kappa shape index (κ2) is 6.13. The predicted molar refractivity (Wildman–Crippen MR) is 66.3 cm³/mol. The number of hydrogen-bond donors (Lipinski definition) is 3. The number of nitrogens with zero attached hydrogens (tertiary/aromatic N) is 1. The number of aromatic nitrogens is 2. The zero-order valence-electron chi connectivity index (χ0n) is 9.85. The number of amides is 1. The average molecular weight is 249 g/mol. The Balaban J connectivity index is 1.88. The van der Waals surface area contributed by atoms with Crippen LogP contribution < -0.4 is 5.32 Å². The Morgan fingerprint density at radius 3 is 3.00 bits per heavy atom. The largest absolute Gasteiger partial charge is 0.394 e. The van der Waals surface area contributed by atoms with Gasteiger partial charge in [0.1, 0.15) is 0 Å². The minimum Gasteiger partial charge on any atom is -0.394 e. The molecule has 0 aliphatic rings. The molecule has 0 radical (unpaired) electrons. The van der Waals surface area contributed by atoms with Gasteiger partial charge in [-0.2, -0.15) is 0 Å². The summed E-state index contributed by atoms with van der Waals surface area (Å²) in [5.74, 6) is 0.0251. The van der Waals surface area contributed by atoms with E-state index in [4.69, 9.17) is 9.84 Å². The summed E-state index contributed by atoms with van der Waals surface area (Å²) in [6, 6.07) is 7.45. The van der Waals surface area contributed by atoms with E-state index in [-0.39, 0.29) is 19.1 Å². The lowest BCUT2D eigenvalue weighted by Gasteiger charge is -2.03. The first kappa shape index (κ1) is 12.5. The molecule has 3 N–H and O–H groups in total. The van der Waals surface area contributed by atoms with Crippen LogP contribution in [0.3, 0.4) is 0 Å². The van der Waals surface area contributed by atoms with Crippen molar-refractivity contribution >= 4 is 16.9 Å². The lowest BCUT2D eigenvalue weighted by Crippen LogP contribution is -2.28. The maximum Gasteiger partial charge on any atom is 0.287 e. The van der Waals surface area contributed by atoms with Crippen LogP contribution in [-0.2, 0) is 4.74 Å². The molecule has 0 saturated heterocycles. The smallest absolute Gasteiger partial charge is 0.287 e. The van der Waals surface area contributed by atoms with E-state index in [1.165, 1.54) is 0 Å². The molecule has 0 aliphatic heterocycles. The summed E-state index contributed by atoms with van der Waals surface area (Å²) < 4.78 is 5.03. The second-order valence-corrected chi connectivity index (χ2v) is 3.69. The summed E-state index contributed by atoms with van der Waals surface area (Å²) in [7, 11) is 0. The molecule has 0 saturated carbocycles. The van der Waals surface area contributed by atoms with Gasteiger partial charge in [0.2, 0.25) is 0 Å². The van der Waals surface area contributed by atoms with Crippen LogP contribution in [-0.4, -0.2) is 47.3 Å². The number of para-hydroxylation sites is 2. The van der Waals surface area contributed by atoms with Gasteiger partial charge >= 0.3 is 0 Å². The molecule has 18 heavy (non-hydrogen) atoms. The molecule has 6 heteroatoms. The maximum absolute atomic E-state index is 11.7. The normalized spacial score (nSPS) is 10.7. The van der Waals surface area contributed by atoms with E-state index in [0.29, 0.717) is 19.0 Å². The summed E-state index contributed by atoms with van der Waals surface area (Å²) in [6.07, 6.45) is 0. The van der Waals surface area contributed by atoms with Crippen molar-refractivity contribution in [3.05, 3.63) is 30.1 Å². The Morgan fingerprint density at radius 2 is 2.22 bits per heavy atom. The first-order valence-electron chi connectivity index (χ1n) is 5.73. The van der Waals surface area contributed by atoms with E-state index in [1.807, 2.05) is 24.3 Å².